The Bertz CT molecular complexity index is 1460. The topological polar surface area (TPSA) is 93.4 Å². The Hall–Kier alpha value is -3.94. The van der Waals surface area contributed by atoms with Crippen molar-refractivity contribution in [3.8, 4) is 34.3 Å². The summed E-state index contributed by atoms with van der Waals surface area (Å²) >= 11 is 0. The van der Waals surface area contributed by atoms with Gasteiger partial charge in [0.1, 0.15) is 40.4 Å². The first-order valence-corrected chi connectivity index (χ1v) is 16.0. The summed E-state index contributed by atoms with van der Waals surface area (Å²) in [4.78, 5) is 25.9. The van der Waals surface area contributed by atoms with E-state index in [0.29, 0.717) is 60.0 Å². The maximum atomic E-state index is 14.3. The quantitative estimate of drug-likeness (QED) is 0.0914. The normalized spacial score (nSPS) is 17.8. The van der Waals surface area contributed by atoms with Crippen LogP contribution < -0.4 is 24.4 Å². The molecule has 1 aliphatic carbocycles. The molecule has 0 N–H and O–H groups in total. The number of hydrogen-bond donors (Lipinski definition) is 0. The van der Waals surface area contributed by atoms with E-state index in [9.17, 15) is 9.59 Å². The number of esters is 1. The van der Waals surface area contributed by atoms with Gasteiger partial charge in [-0.1, -0.05) is 47.0 Å². The summed E-state index contributed by atoms with van der Waals surface area (Å²) in [7, 11) is 0. The highest BCUT2D eigenvalue weighted by atomic mass is 16.5. The molecule has 0 amide bonds. The maximum absolute atomic E-state index is 14.3. The Kier molecular flexibility index (Phi) is 12.2. The molecule has 238 valence electrons. The number of rotatable bonds is 16. The first kappa shape index (κ1) is 33.0. The molecular weight excluding hydrogens is 560 g/mol. The zero-order chi connectivity index (χ0) is 31.5. The fourth-order valence-electron chi connectivity index (χ4n) is 5.02. The van der Waals surface area contributed by atoms with Crippen LogP contribution in [0, 0.1) is 5.92 Å². The Morgan fingerprint density at radius 2 is 1.50 bits per heavy atom. The second kappa shape index (κ2) is 16.2. The van der Waals surface area contributed by atoms with Crippen LogP contribution in [0.4, 0.5) is 0 Å². The SMILES string of the molecule is CCCCOc1ccc(-c2oc3cc(OCCCC)cc(OCCCC)c3c(=O)c2O[C@H]2C=C[C@@H](OC(C)=O)[C@H](C)C2)cc1. The lowest BCUT2D eigenvalue weighted by Gasteiger charge is -2.29. The Morgan fingerprint density at radius 1 is 0.864 bits per heavy atom. The van der Waals surface area contributed by atoms with Crippen molar-refractivity contribution in [1.82, 2.24) is 0 Å². The van der Waals surface area contributed by atoms with Gasteiger partial charge in [0.05, 0.1) is 19.8 Å². The van der Waals surface area contributed by atoms with Crippen molar-refractivity contribution >= 4 is 16.9 Å². The van der Waals surface area contributed by atoms with Crippen LogP contribution in [-0.2, 0) is 9.53 Å². The van der Waals surface area contributed by atoms with Crippen LogP contribution in [0.15, 0.2) is 57.8 Å². The van der Waals surface area contributed by atoms with E-state index in [0.717, 1.165) is 44.3 Å². The highest BCUT2D eigenvalue weighted by Gasteiger charge is 2.29. The number of ether oxygens (including phenoxy) is 5. The molecule has 8 nitrogen and oxygen atoms in total. The molecule has 0 radical (unpaired) electrons. The summed E-state index contributed by atoms with van der Waals surface area (Å²) < 4.78 is 36.4. The van der Waals surface area contributed by atoms with E-state index in [1.165, 1.54) is 6.92 Å². The summed E-state index contributed by atoms with van der Waals surface area (Å²) in [6.07, 6.45) is 9.18. The van der Waals surface area contributed by atoms with E-state index in [1.54, 1.807) is 12.1 Å². The molecule has 1 aliphatic rings. The smallest absolute Gasteiger partial charge is 0.303 e. The van der Waals surface area contributed by atoms with Gasteiger partial charge in [-0.2, -0.15) is 0 Å². The standard InChI is InChI=1S/C36H46O8/c1-6-9-18-39-27-14-12-26(13-15-27)35-36(43-28-16-17-30(24(4)21-28)42-25(5)37)34(38)33-31(41-20-11-8-3)22-29(23-32(33)44-35)40-19-10-7-2/h12-17,22-24,28,30H,6-11,18-21H2,1-5H3/t24-,28+,30-/m1/s1. The Balaban J connectivity index is 1.80. The number of fused-ring (bicyclic) bond motifs is 1. The molecule has 8 heteroatoms. The molecule has 0 bridgehead atoms. The first-order chi connectivity index (χ1) is 21.3. The molecule has 0 saturated heterocycles. The van der Waals surface area contributed by atoms with Gasteiger partial charge in [0.25, 0.3) is 0 Å². The molecule has 0 saturated carbocycles. The van der Waals surface area contributed by atoms with Gasteiger partial charge in [0.2, 0.25) is 11.2 Å². The lowest BCUT2D eigenvalue weighted by atomic mass is 9.91. The highest BCUT2D eigenvalue weighted by Crippen LogP contribution is 2.38. The van der Waals surface area contributed by atoms with Crippen molar-refractivity contribution in [2.24, 2.45) is 5.92 Å². The van der Waals surface area contributed by atoms with Crippen molar-refractivity contribution < 1.29 is 32.9 Å². The predicted molar refractivity (Wildman–Crippen MR) is 172 cm³/mol. The predicted octanol–water partition coefficient (Wildman–Crippen LogP) is 8.27. The van der Waals surface area contributed by atoms with Gasteiger partial charge in [-0.25, -0.2) is 0 Å². The minimum absolute atomic E-state index is 0.000154. The molecule has 0 spiro atoms. The van der Waals surface area contributed by atoms with E-state index in [1.807, 2.05) is 43.3 Å². The van der Waals surface area contributed by atoms with Crippen LogP contribution >= 0.6 is 0 Å². The molecular formula is C36H46O8. The molecule has 1 aromatic heterocycles. The average Bonchev–Trinajstić information content (AvgIpc) is 3.00. The zero-order valence-corrected chi connectivity index (χ0v) is 26.7. The minimum Gasteiger partial charge on any atom is -0.494 e. The molecule has 2 aromatic carbocycles. The molecule has 0 aliphatic heterocycles. The lowest BCUT2D eigenvalue weighted by molar-refractivity contribution is -0.146. The number of hydrogen-bond acceptors (Lipinski definition) is 8. The Labute approximate surface area is 260 Å². The van der Waals surface area contributed by atoms with Crippen LogP contribution in [0.1, 0.15) is 79.6 Å². The van der Waals surface area contributed by atoms with Crippen molar-refractivity contribution in [3.05, 3.63) is 58.8 Å². The second-order valence-corrected chi connectivity index (χ2v) is 11.3. The van der Waals surface area contributed by atoms with Gasteiger partial charge < -0.3 is 28.1 Å². The third-order valence-corrected chi connectivity index (χ3v) is 7.55. The zero-order valence-electron chi connectivity index (χ0n) is 26.7. The number of benzene rings is 2. The molecule has 44 heavy (non-hydrogen) atoms. The monoisotopic (exact) mass is 606 g/mol. The van der Waals surface area contributed by atoms with Gasteiger partial charge in [-0.15, -0.1) is 0 Å². The highest BCUT2D eigenvalue weighted by molar-refractivity contribution is 5.88. The van der Waals surface area contributed by atoms with Crippen molar-refractivity contribution in [2.75, 3.05) is 19.8 Å². The molecule has 3 aromatic rings. The average molecular weight is 607 g/mol. The van der Waals surface area contributed by atoms with Crippen LogP contribution in [0.2, 0.25) is 0 Å². The fourth-order valence-corrected chi connectivity index (χ4v) is 5.02. The van der Waals surface area contributed by atoms with Gasteiger partial charge in [0.15, 0.2) is 5.76 Å². The van der Waals surface area contributed by atoms with E-state index in [2.05, 4.69) is 20.8 Å². The van der Waals surface area contributed by atoms with Crippen LogP contribution in [-0.4, -0.2) is 38.0 Å². The lowest BCUT2D eigenvalue weighted by Crippen LogP contribution is -2.32. The molecule has 4 rings (SSSR count). The molecule has 0 fully saturated rings. The summed E-state index contributed by atoms with van der Waals surface area (Å²) in [6, 6.07) is 11.0. The van der Waals surface area contributed by atoms with Crippen molar-refractivity contribution in [1.29, 1.82) is 0 Å². The second-order valence-electron chi connectivity index (χ2n) is 11.3. The van der Waals surface area contributed by atoms with E-state index in [4.69, 9.17) is 28.1 Å². The molecule has 1 heterocycles. The van der Waals surface area contributed by atoms with Gasteiger partial charge in [-0.3, -0.25) is 9.59 Å². The fraction of sp³-hybridized carbons (Fsp3) is 0.500. The van der Waals surface area contributed by atoms with Crippen LogP contribution in [0.3, 0.4) is 0 Å². The van der Waals surface area contributed by atoms with Gasteiger partial charge >= 0.3 is 5.97 Å². The summed E-state index contributed by atoms with van der Waals surface area (Å²) in [5.41, 5.74) is 0.723. The number of carbonyl (C=O) groups excluding carboxylic acids is 1. The third-order valence-electron chi connectivity index (χ3n) is 7.55. The maximum Gasteiger partial charge on any atom is 0.303 e. The first-order valence-electron chi connectivity index (χ1n) is 16.0. The summed E-state index contributed by atoms with van der Waals surface area (Å²) in [6.45, 7) is 11.4. The number of carbonyl (C=O) groups is 1. The largest absolute Gasteiger partial charge is 0.494 e. The van der Waals surface area contributed by atoms with Gasteiger partial charge in [0, 0.05) is 30.5 Å². The van der Waals surface area contributed by atoms with E-state index < -0.39 is 6.10 Å². The Morgan fingerprint density at radius 3 is 2.11 bits per heavy atom. The molecule has 0 unspecified atom stereocenters. The third kappa shape index (κ3) is 8.58. The molecule has 3 atom stereocenters. The summed E-state index contributed by atoms with van der Waals surface area (Å²) in [5, 5.41) is 0.313. The van der Waals surface area contributed by atoms with Crippen LogP contribution in [0.25, 0.3) is 22.3 Å². The summed E-state index contributed by atoms with van der Waals surface area (Å²) in [5.74, 6) is 1.82. The van der Waals surface area contributed by atoms with E-state index >= 15 is 0 Å². The minimum atomic E-state index is -0.423. The van der Waals surface area contributed by atoms with E-state index in [-0.39, 0.29) is 29.2 Å². The van der Waals surface area contributed by atoms with Gasteiger partial charge in [-0.05, 0) is 62.1 Å². The van der Waals surface area contributed by atoms with Crippen molar-refractivity contribution in [3.63, 3.8) is 0 Å². The van der Waals surface area contributed by atoms with Crippen molar-refractivity contribution in [2.45, 2.75) is 91.8 Å². The number of unbranched alkanes of at least 4 members (excludes halogenated alkanes) is 3. The van der Waals surface area contributed by atoms with Crippen LogP contribution in [0.5, 0.6) is 23.0 Å².